The Kier molecular flexibility index (Phi) is 6.34. The van der Waals surface area contributed by atoms with Crippen molar-refractivity contribution in [3.05, 3.63) is 158 Å². The monoisotopic (exact) mass is 474 g/mol. The van der Waals surface area contributed by atoms with E-state index >= 15 is 0 Å². The summed E-state index contributed by atoms with van der Waals surface area (Å²) in [6, 6.07) is 54.6. The van der Waals surface area contributed by atoms with Gasteiger partial charge in [0, 0.05) is 11.1 Å². The maximum atomic E-state index is 6.73. The highest BCUT2D eigenvalue weighted by molar-refractivity contribution is 5.88. The lowest BCUT2D eigenvalue weighted by molar-refractivity contribution is 0.486. The van der Waals surface area contributed by atoms with E-state index in [0.29, 0.717) is 0 Å². The second kappa shape index (κ2) is 10.4. The van der Waals surface area contributed by atoms with Crippen LogP contribution in [0.15, 0.2) is 158 Å². The average molecular weight is 475 g/mol. The molecule has 1 heteroatoms. The summed E-state index contributed by atoms with van der Waals surface area (Å²) < 4.78 is 6.73. The highest BCUT2D eigenvalue weighted by Crippen LogP contribution is 2.42. The van der Waals surface area contributed by atoms with Crippen molar-refractivity contribution in [1.29, 1.82) is 0 Å². The molecule has 37 heavy (non-hydrogen) atoms. The van der Waals surface area contributed by atoms with Crippen LogP contribution in [0.1, 0.15) is 0 Å². The zero-order valence-corrected chi connectivity index (χ0v) is 20.4. The first-order chi connectivity index (χ1) is 18.4. The lowest BCUT2D eigenvalue weighted by atomic mass is 9.93. The Morgan fingerprint density at radius 3 is 0.946 bits per heavy atom. The molecule has 1 nitrogen and oxygen atoms in total. The number of hydrogen-bond acceptors (Lipinski definition) is 1. The van der Waals surface area contributed by atoms with Gasteiger partial charge in [0.1, 0.15) is 11.5 Å². The van der Waals surface area contributed by atoms with Gasteiger partial charge in [-0.25, -0.2) is 0 Å². The Hall–Kier alpha value is -4.88. The van der Waals surface area contributed by atoms with Crippen LogP contribution in [0, 0.1) is 0 Å². The molecule has 176 valence electrons. The molecule has 0 aromatic heterocycles. The fourth-order valence-corrected chi connectivity index (χ4v) is 4.85. The third kappa shape index (κ3) is 4.68. The van der Waals surface area contributed by atoms with E-state index < -0.39 is 0 Å². The standard InChI is InChI=1S/C36H26O/c1-3-15-27(16-4-1)29-19-7-9-21-31(29)33-23-11-13-25-35(33)37-36-26-14-12-24-34(36)32-22-10-8-20-30(32)28-17-5-2-6-18-28/h1-26H. The van der Waals surface area contributed by atoms with Gasteiger partial charge in [0.25, 0.3) is 0 Å². The van der Waals surface area contributed by atoms with Gasteiger partial charge in [-0.3, -0.25) is 0 Å². The second-order valence-electron chi connectivity index (χ2n) is 8.92. The molecule has 6 aromatic rings. The van der Waals surface area contributed by atoms with Crippen molar-refractivity contribution in [3.63, 3.8) is 0 Å². The summed E-state index contributed by atoms with van der Waals surface area (Å²) in [5.74, 6) is 1.66. The number of para-hydroxylation sites is 2. The Bertz CT molecular complexity index is 1510. The molecule has 0 N–H and O–H groups in total. The molecule has 0 amide bonds. The fraction of sp³-hybridized carbons (Fsp3) is 0. The minimum absolute atomic E-state index is 0.829. The lowest BCUT2D eigenvalue weighted by Gasteiger charge is -2.18. The van der Waals surface area contributed by atoms with Crippen molar-refractivity contribution in [2.45, 2.75) is 0 Å². The molecule has 0 heterocycles. The number of hydrogen-bond donors (Lipinski definition) is 0. The molecular weight excluding hydrogens is 448 g/mol. The fourth-order valence-electron chi connectivity index (χ4n) is 4.85. The first-order valence-electron chi connectivity index (χ1n) is 12.5. The molecule has 0 bridgehead atoms. The van der Waals surface area contributed by atoms with Crippen LogP contribution in [-0.2, 0) is 0 Å². The summed E-state index contributed by atoms with van der Waals surface area (Å²) in [6.07, 6.45) is 0. The van der Waals surface area contributed by atoms with Gasteiger partial charge in [0.15, 0.2) is 0 Å². The Morgan fingerprint density at radius 2 is 0.541 bits per heavy atom. The van der Waals surface area contributed by atoms with Crippen LogP contribution in [0.4, 0.5) is 0 Å². The molecule has 0 unspecified atom stereocenters. The van der Waals surface area contributed by atoms with Crippen LogP contribution in [-0.4, -0.2) is 0 Å². The third-order valence-electron chi connectivity index (χ3n) is 6.60. The van der Waals surface area contributed by atoms with Crippen molar-refractivity contribution in [2.75, 3.05) is 0 Å². The maximum absolute atomic E-state index is 6.73. The molecule has 0 saturated carbocycles. The summed E-state index contributed by atoms with van der Waals surface area (Å²) in [5, 5.41) is 0. The van der Waals surface area contributed by atoms with E-state index in [1.165, 1.54) is 22.3 Å². The summed E-state index contributed by atoms with van der Waals surface area (Å²) in [5.41, 5.74) is 9.15. The van der Waals surface area contributed by atoms with E-state index in [1.807, 2.05) is 24.3 Å². The van der Waals surface area contributed by atoms with Crippen LogP contribution < -0.4 is 4.74 Å². The molecule has 0 radical (unpaired) electrons. The van der Waals surface area contributed by atoms with Crippen LogP contribution in [0.3, 0.4) is 0 Å². The predicted octanol–water partition coefficient (Wildman–Crippen LogP) is 10.1. The van der Waals surface area contributed by atoms with Crippen LogP contribution in [0.25, 0.3) is 44.5 Å². The molecule has 0 aliphatic rings. The highest BCUT2D eigenvalue weighted by atomic mass is 16.5. The molecule has 6 rings (SSSR count). The van der Waals surface area contributed by atoms with Crippen molar-refractivity contribution < 1.29 is 4.74 Å². The molecule has 0 atom stereocenters. The molecular formula is C36H26O. The van der Waals surface area contributed by atoms with Crippen molar-refractivity contribution in [3.8, 4) is 56.0 Å². The lowest BCUT2D eigenvalue weighted by Crippen LogP contribution is -1.93. The van der Waals surface area contributed by atoms with Gasteiger partial charge in [-0.2, -0.15) is 0 Å². The van der Waals surface area contributed by atoms with Crippen LogP contribution in [0.2, 0.25) is 0 Å². The predicted molar refractivity (Wildman–Crippen MR) is 155 cm³/mol. The quantitative estimate of drug-likeness (QED) is 0.233. The van der Waals surface area contributed by atoms with E-state index in [1.54, 1.807) is 0 Å². The zero-order chi connectivity index (χ0) is 24.9. The summed E-state index contributed by atoms with van der Waals surface area (Å²) >= 11 is 0. The largest absolute Gasteiger partial charge is 0.456 e. The zero-order valence-electron chi connectivity index (χ0n) is 20.4. The molecule has 0 saturated heterocycles. The summed E-state index contributed by atoms with van der Waals surface area (Å²) in [6.45, 7) is 0. The number of ether oxygens (including phenoxy) is 1. The van der Waals surface area contributed by atoms with Crippen LogP contribution in [0.5, 0.6) is 11.5 Å². The average Bonchev–Trinajstić information content (AvgIpc) is 2.99. The van der Waals surface area contributed by atoms with E-state index in [9.17, 15) is 0 Å². The Balaban J connectivity index is 1.45. The second-order valence-corrected chi connectivity index (χ2v) is 8.92. The highest BCUT2D eigenvalue weighted by Gasteiger charge is 2.16. The van der Waals surface area contributed by atoms with Crippen LogP contribution >= 0.6 is 0 Å². The topological polar surface area (TPSA) is 9.23 Å². The van der Waals surface area contributed by atoms with E-state index in [0.717, 1.165) is 33.8 Å². The van der Waals surface area contributed by atoms with Gasteiger partial charge in [-0.1, -0.05) is 146 Å². The molecule has 0 aliphatic heterocycles. The minimum Gasteiger partial charge on any atom is -0.456 e. The van der Waals surface area contributed by atoms with Gasteiger partial charge in [0.2, 0.25) is 0 Å². The summed E-state index contributed by atoms with van der Waals surface area (Å²) in [4.78, 5) is 0. The van der Waals surface area contributed by atoms with Crippen molar-refractivity contribution in [2.24, 2.45) is 0 Å². The Morgan fingerprint density at radius 1 is 0.243 bits per heavy atom. The van der Waals surface area contributed by atoms with Gasteiger partial charge in [-0.05, 0) is 45.5 Å². The minimum atomic E-state index is 0.829. The SMILES string of the molecule is c1ccc(-c2ccccc2-c2ccccc2Oc2ccccc2-c2ccccc2-c2ccccc2)cc1. The van der Waals surface area contributed by atoms with Gasteiger partial charge >= 0.3 is 0 Å². The summed E-state index contributed by atoms with van der Waals surface area (Å²) in [7, 11) is 0. The molecule has 0 spiro atoms. The van der Waals surface area contributed by atoms with E-state index in [2.05, 4.69) is 133 Å². The molecule has 0 fully saturated rings. The molecule has 6 aromatic carbocycles. The first-order valence-corrected chi connectivity index (χ1v) is 12.5. The van der Waals surface area contributed by atoms with E-state index in [4.69, 9.17) is 4.74 Å². The van der Waals surface area contributed by atoms with Crippen molar-refractivity contribution in [1.82, 2.24) is 0 Å². The maximum Gasteiger partial charge on any atom is 0.135 e. The smallest absolute Gasteiger partial charge is 0.135 e. The molecule has 0 aliphatic carbocycles. The van der Waals surface area contributed by atoms with Gasteiger partial charge in [-0.15, -0.1) is 0 Å². The first kappa shape index (κ1) is 22.6. The van der Waals surface area contributed by atoms with Crippen molar-refractivity contribution >= 4 is 0 Å². The Labute approximate surface area is 218 Å². The number of rotatable bonds is 6. The van der Waals surface area contributed by atoms with E-state index in [-0.39, 0.29) is 0 Å². The number of benzene rings is 6. The third-order valence-corrected chi connectivity index (χ3v) is 6.60. The van der Waals surface area contributed by atoms with Gasteiger partial charge < -0.3 is 4.74 Å². The normalized spacial score (nSPS) is 10.7. The van der Waals surface area contributed by atoms with Gasteiger partial charge in [0.05, 0.1) is 0 Å².